The fourth-order valence-electron chi connectivity index (χ4n) is 3.35. The number of likely N-dealkylation sites (tertiary alicyclic amines) is 1. The maximum absolute atomic E-state index is 11.5. The van der Waals surface area contributed by atoms with Crippen LogP contribution in [0.15, 0.2) is 12.3 Å². The normalized spacial score (nSPS) is 25.8. The number of ketones is 1. The first kappa shape index (κ1) is 15.1. The van der Waals surface area contributed by atoms with Crippen molar-refractivity contribution in [2.75, 3.05) is 19.6 Å². The third-order valence-electron chi connectivity index (χ3n) is 4.75. The summed E-state index contributed by atoms with van der Waals surface area (Å²) in [5.41, 5.74) is 1.59. The molecule has 120 valence electrons. The van der Waals surface area contributed by atoms with Gasteiger partial charge >= 0.3 is 6.09 Å². The second kappa shape index (κ2) is 5.76. The smallest absolute Gasteiger partial charge is 0.407 e. The largest absolute Gasteiger partial charge is 0.441 e. The van der Waals surface area contributed by atoms with E-state index >= 15 is 0 Å². The molecule has 1 N–H and O–H groups in total. The highest BCUT2D eigenvalue weighted by Gasteiger charge is 2.41. The molecule has 1 aromatic rings. The molecule has 0 aliphatic carbocycles. The summed E-state index contributed by atoms with van der Waals surface area (Å²) in [4.78, 5) is 25.2. The molecule has 22 heavy (non-hydrogen) atoms. The van der Waals surface area contributed by atoms with E-state index in [1.807, 2.05) is 23.9 Å². The Morgan fingerprint density at radius 2 is 2.23 bits per heavy atom. The minimum Gasteiger partial charge on any atom is -0.441 e. The molecule has 6 nitrogen and oxygen atoms in total. The Hall–Kier alpha value is -1.82. The van der Waals surface area contributed by atoms with Crippen LogP contribution in [-0.4, -0.2) is 46.6 Å². The van der Waals surface area contributed by atoms with Gasteiger partial charge in [0.15, 0.2) is 5.78 Å². The molecule has 2 fully saturated rings. The molecule has 1 unspecified atom stereocenters. The van der Waals surface area contributed by atoms with Gasteiger partial charge in [0.05, 0.1) is 6.54 Å². The Kier molecular flexibility index (Phi) is 3.95. The number of aryl methyl sites for hydroxylation is 1. The molecule has 2 aliphatic rings. The number of rotatable bonds is 3. The van der Waals surface area contributed by atoms with Gasteiger partial charge in [-0.1, -0.05) is 0 Å². The number of carbonyl (C=O) groups excluding carboxylic acids is 2. The fourth-order valence-corrected chi connectivity index (χ4v) is 3.35. The van der Waals surface area contributed by atoms with E-state index in [2.05, 4.69) is 10.2 Å². The summed E-state index contributed by atoms with van der Waals surface area (Å²) >= 11 is 0. The molecule has 0 bridgehead atoms. The molecule has 3 heterocycles. The molecule has 0 radical (unpaired) electrons. The summed E-state index contributed by atoms with van der Waals surface area (Å²) < 4.78 is 7.52. The van der Waals surface area contributed by atoms with E-state index in [1.165, 1.54) is 0 Å². The van der Waals surface area contributed by atoms with Crippen LogP contribution in [0.3, 0.4) is 0 Å². The highest BCUT2D eigenvalue weighted by Crippen LogP contribution is 2.29. The Morgan fingerprint density at radius 1 is 1.41 bits per heavy atom. The van der Waals surface area contributed by atoms with E-state index in [0.717, 1.165) is 50.2 Å². The van der Waals surface area contributed by atoms with Crippen LogP contribution < -0.4 is 5.32 Å². The fraction of sp³-hybridized carbons (Fsp3) is 0.625. The van der Waals surface area contributed by atoms with E-state index < -0.39 is 0 Å². The van der Waals surface area contributed by atoms with Crippen molar-refractivity contribution in [1.82, 2.24) is 14.8 Å². The average molecular weight is 305 g/mol. The van der Waals surface area contributed by atoms with Gasteiger partial charge in [0.1, 0.15) is 5.60 Å². The second-order valence-electron chi connectivity index (χ2n) is 6.44. The van der Waals surface area contributed by atoms with Crippen LogP contribution in [-0.2, 0) is 18.3 Å². The molecule has 2 saturated heterocycles. The molecule has 2 aliphatic heterocycles. The highest BCUT2D eigenvalue weighted by atomic mass is 16.6. The number of Topliss-reactive ketones (excluding diaryl/α,β-unsaturated/α-hetero) is 1. The number of amides is 1. The molecule has 6 heteroatoms. The first-order valence-corrected chi connectivity index (χ1v) is 7.83. The van der Waals surface area contributed by atoms with E-state index in [0.29, 0.717) is 6.54 Å². The van der Waals surface area contributed by atoms with Crippen molar-refractivity contribution in [3.8, 4) is 0 Å². The van der Waals surface area contributed by atoms with Crippen molar-refractivity contribution in [2.45, 2.75) is 38.3 Å². The minimum atomic E-state index is -0.315. The van der Waals surface area contributed by atoms with Crippen LogP contribution >= 0.6 is 0 Å². The van der Waals surface area contributed by atoms with E-state index in [-0.39, 0.29) is 17.5 Å². The van der Waals surface area contributed by atoms with E-state index in [9.17, 15) is 9.59 Å². The van der Waals surface area contributed by atoms with Crippen molar-refractivity contribution in [2.24, 2.45) is 7.05 Å². The number of nitrogens with one attached hydrogen (secondary N) is 1. The molecule has 1 atom stereocenters. The standard InChI is InChI=1S/C16H23N3O3/c1-12(20)13-8-14(18(2)9-13)10-19-6-3-4-16(5-7-19)11-17-15(21)22-16/h8-9H,3-7,10-11H2,1-2H3,(H,17,21). The van der Waals surface area contributed by atoms with Gasteiger partial charge < -0.3 is 14.6 Å². The summed E-state index contributed by atoms with van der Waals surface area (Å²) in [5.74, 6) is 0.0978. The lowest BCUT2D eigenvalue weighted by Gasteiger charge is -2.25. The van der Waals surface area contributed by atoms with Gasteiger partial charge in [-0.2, -0.15) is 0 Å². The van der Waals surface area contributed by atoms with Crippen LogP contribution in [0.2, 0.25) is 0 Å². The quantitative estimate of drug-likeness (QED) is 0.863. The van der Waals surface area contributed by atoms with Crippen LogP contribution in [0.5, 0.6) is 0 Å². The van der Waals surface area contributed by atoms with Crippen LogP contribution in [0.4, 0.5) is 4.79 Å². The number of ether oxygens (including phenoxy) is 1. The Morgan fingerprint density at radius 3 is 2.86 bits per heavy atom. The molecular formula is C16H23N3O3. The lowest BCUT2D eigenvalue weighted by molar-refractivity contribution is 0.0442. The van der Waals surface area contributed by atoms with Crippen LogP contribution in [0.25, 0.3) is 0 Å². The number of nitrogens with zero attached hydrogens (tertiary/aromatic N) is 2. The van der Waals surface area contributed by atoms with Crippen molar-refractivity contribution in [3.63, 3.8) is 0 Å². The lowest BCUT2D eigenvalue weighted by Crippen LogP contribution is -2.34. The zero-order valence-corrected chi connectivity index (χ0v) is 13.2. The minimum absolute atomic E-state index is 0.0978. The van der Waals surface area contributed by atoms with Crippen molar-refractivity contribution < 1.29 is 14.3 Å². The number of alkyl carbamates (subject to hydrolysis) is 1. The van der Waals surface area contributed by atoms with Gasteiger partial charge in [-0.25, -0.2) is 4.79 Å². The number of hydrogen-bond donors (Lipinski definition) is 1. The van der Waals surface area contributed by atoms with Crippen molar-refractivity contribution in [1.29, 1.82) is 0 Å². The topological polar surface area (TPSA) is 63.6 Å². The molecule has 1 spiro atoms. The summed E-state index contributed by atoms with van der Waals surface area (Å²) in [7, 11) is 1.98. The molecule has 0 aromatic carbocycles. The Bertz CT molecular complexity index is 595. The predicted octanol–water partition coefficient (Wildman–Crippen LogP) is 1.69. The van der Waals surface area contributed by atoms with Crippen molar-refractivity contribution in [3.05, 3.63) is 23.5 Å². The average Bonchev–Trinajstić information content (AvgIpc) is 2.93. The zero-order valence-electron chi connectivity index (χ0n) is 13.2. The van der Waals surface area contributed by atoms with Gasteiger partial charge in [0.2, 0.25) is 0 Å². The third-order valence-corrected chi connectivity index (χ3v) is 4.75. The summed E-state index contributed by atoms with van der Waals surface area (Å²) in [6.07, 6.45) is 4.38. The van der Waals surface area contributed by atoms with Gasteiger partial charge in [0, 0.05) is 44.0 Å². The van der Waals surface area contributed by atoms with Crippen LogP contribution in [0, 0.1) is 0 Å². The maximum atomic E-state index is 11.5. The first-order valence-electron chi connectivity index (χ1n) is 7.83. The lowest BCUT2D eigenvalue weighted by atomic mass is 9.95. The highest BCUT2D eigenvalue weighted by molar-refractivity contribution is 5.94. The second-order valence-corrected chi connectivity index (χ2v) is 6.44. The van der Waals surface area contributed by atoms with Crippen molar-refractivity contribution >= 4 is 11.9 Å². The molecule has 1 amide bonds. The SMILES string of the molecule is CC(=O)c1cc(CN2CCCC3(CC2)CNC(=O)O3)n(C)c1. The number of carbonyl (C=O) groups is 2. The predicted molar refractivity (Wildman–Crippen MR) is 81.8 cm³/mol. The number of hydrogen-bond acceptors (Lipinski definition) is 4. The molecule has 1 aromatic heterocycles. The maximum Gasteiger partial charge on any atom is 0.407 e. The van der Waals surface area contributed by atoms with Gasteiger partial charge in [0.25, 0.3) is 0 Å². The zero-order chi connectivity index (χ0) is 15.7. The van der Waals surface area contributed by atoms with Crippen LogP contribution in [0.1, 0.15) is 42.2 Å². The first-order chi connectivity index (χ1) is 10.5. The third kappa shape index (κ3) is 3.02. The molecular weight excluding hydrogens is 282 g/mol. The van der Waals surface area contributed by atoms with E-state index in [1.54, 1.807) is 6.92 Å². The molecule has 0 saturated carbocycles. The van der Waals surface area contributed by atoms with Gasteiger partial charge in [-0.15, -0.1) is 0 Å². The number of aromatic nitrogens is 1. The Labute approximate surface area is 130 Å². The van der Waals surface area contributed by atoms with E-state index in [4.69, 9.17) is 4.74 Å². The summed E-state index contributed by atoms with van der Waals surface area (Å²) in [6.45, 7) is 4.92. The Balaban J connectivity index is 1.64. The molecule has 3 rings (SSSR count). The van der Waals surface area contributed by atoms with Gasteiger partial charge in [-0.05, 0) is 32.4 Å². The van der Waals surface area contributed by atoms with Gasteiger partial charge in [-0.3, -0.25) is 9.69 Å². The monoisotopic (exact) mass is 305 g/mol. The summed E-state index contributed by atoms with van der Waals surface area (Å²) in [5, 5.41) is 2.78. The summed E-state index contributed by atoms with van der Waals surface area (Å²) in [6, 6.07) is 1.97.